The molecule has 0 bridgehead atoms. The third kappa shape index (κ3) is 5.99. The van der Waals surface area contributed by atoms with Gasteiger partial charge in [-0.2, -0.15) is 0 Å². The van der Waals surface area contributed by atoms with E-state index < -0.39 is 6.10 Å². The Labute approximate surface area is 186 Å². The third-order valence-corrected chi connectivity index (χ3v) is 5.23. The summed E-state index contributed by atoms with van der Waals surface area (Å²) in [5.74, 6) is -0.350. The number of anilines is 1. The first kappa shape index (κ1) is 22.2. The van der Waals surface area contributed by atoms with Crippen LogP contribution in [0.15, 0.2) is 72.8 Å². The van der Waals surface area contributed by atoms with E-state index in [-0.39, 0.29) is 12.0 Å². The minimum absolute atomic E-state index is 0.179. The van der Waals surface area contributed by atoms with Gasteiger partial charge in [0, 0.05) is 22.2 Å². The molecule has 0 spiro atoms. The molecule has 0 amide bonds. The van der Waals surface area contributed by atoms with Crippen LogP contribution in [0.3, 0.4) is 0 Å². The molecule has 0 aromatic heterocycles. The Balaban J connectivity index is 1.80. The number of halogens is 2. The molecule has 6 heteroatoms. The average Bonchev–Trinajstić information content (AvgIpc) is 2.75. The van der Waals surface area contributed by atoms with Crippen LogP contribution < -0.4 is 5.32 Å². The van der Waals surface area contributed by atoms with Crippen LogP contribution in [0, 0.1) is 0 Å². The quantitative estimate of drug-likeness (QED) is 0.392. The van der Waals surface area contributed by atoms with Crippen molar-refractivity contribution in [2.75, 3.05) is 11.9 Å². The Morgan fingerprint density at radius 3 is 1.97 bits per heavy atom. The Bertz CT molecular complexity index is 957. The van der Waals surface area contributed by atoms with Gasteiger partial charge in [-0.3, -0.25) is 0 Å². The summed E-state index contributed by atoms with van der Waals surface area (Å²) in [5, 5.41) is 15.5. The molecule has 30 heavy (non-hydrogen) atoms. The van der Waals surface area contributed by atoms with Gasteiger partial charge in [-0.25, -0.2) is 4.79 Å². The molecule has 0 aliphatic heterocycles. The Morgan fingerprint density at radius 1 is 0.900 bits per heavy atom. The summed E-state index contributed by atoms with van der Waals surface area (Å²) in [5.41, 5.74) is 3.10. The smallest absolute Gasteiger partial charge is 0.338 e. The minimum atomic E-state index is -0.686. The van der Waals surface area contributed by atoms with Crippen molar-refractivity contribution in [3.05, 3.63) is 99.5 Å². The Kier molecular flexibility index (Phi) is 7.75. The number of benzene rings is 3. The van der Waals surface area contributed by atoms with Crippen molar-refractivity contribution in [1.82, 2.24) is 0 Å². The predicted molar refractivity (Wildman–Crippen MR) is 121 cm³/mol. The number of hydrogen-bond acceptors (Lipinski definition) is 4. The second kappa shape index (κ2) is 10.5. The van der Waals surface area contributed by atoms with Gasteiger partial charge in [-0.1, -0.05) is 47.5 Å². The van der Waals surface area contributed by atoms with Crippen LogP contribution in [0.5, 0.6) is 0 Å². The van der Waals surface area contributed by atoms with Crippen LogP contribution in [-0.4, -0.2) is 17.7 Å². The molecule has 3 aromatic rings. The summed E-state index contributed by atoms with van der Waals surface area (Å²) in [7, 11) is 0. The van der Waals surface area contributed by atoms with Crippen molar-refractivity contribution in [3.63, 3.8) is 0 Å². The molecule has 2 N–H and O–H groups in total. The lowest BCUT2D eigenvalue weighted by Gasteiger charge is -2.24. The number of hydrogen-bond donors (Lipinski definition) is 2. The van der Waals surface area contributed by atoms with Crippen LogP contribution in [0.1, 0.15) is 47.0 Å². The molecule has 4 nitrogen and oxygen atoms in total. The average molecular weight is 444 g/mol. The Hall–Kier alpha value is -2.53. The summed E-state index contributed by atoms with van der Waals surface area (Å²) >= 11 is 12.0. The van der Waals surface area contributed by atoms with Gasteiger partial charge in [0.25, 0.3) is 0 Å². The largest absolute Gasteiger partial charge is 0.462 e. The normalized spacial score (nSPS) is 12.8. The van der Waals surface area contributed by atoms with Gasteiger partial charge in [-0.15, -0.1) is 0 Å². The van der Waals surface area contributed by atoms with Crippen LogP contribution in [0.4, 0.5) is 5.69 Å². The second-order valence-electron chi connectivity index (χ2n) is 6.85. The molecule has 2 unspecified atom stereocenters. The van der Waals surface area contributed by atoms with Crippen molar-refractivity contribution in [2.45, 2.75) is 25.5 Å². The van der Waals surface area contributed by atoms with Crippen LogP contribution >= 0.6 is 23.2 Å². The molecule has 0 fully saturated rings. The van der Waals surface area contributed by atoms with E-state index in [2.05, 4.69) is 5.32 Å². The number of carbonyl (C=O) groups is 1. The summed E-state index contributed by atoms with van der Waals surface area (Å²) < 4.78 is 5.03. The van der Waals surface area contributed by atoms with Gasteiger partial charge < -0.3 is 15.2 Å². The summed E-state index contributed by atoms with van der Waals surface area (Å²) in [4.78, 5) is 11.9. The van der Waals surface area contributed by atoms with Crippen molar-refractivity contribution < 1.29 is 14.6 Å². The lowest BCUT2D eigenvalue weighted by molar-refractivity contribution is 0.0526. The summed E-state index contributed by atoms with van der Waals surface area (Å²) in [6.07, 6.45) is -0.252. The van der Waals surface area contributed by atoms with Gasteiger partial charge in [-0.05, 0) is 66.6 Å². The highest BCUT2D eigenvalue weighted by Crippen LogP contribution is 2.31. The molecule has 0 heterocycles. The van der Waals surface area contributed by atoms with Crippen molar-refractivity contribution in [2.24, 2.45) is 0 Å². The maximum atomic E-state index is 11.9. The molecule has 0 aliphatic carbocycles. The molecule has 3 aromatic carbocycles. The molecular formula is C24H23Cl2NO3. The summed E-state index contributed by atoms with van der Waals surface area (Å²) in [6.45, 7) is 2.11. The van der Waals surface area contributed by atoms with E-state index in [4.69, 9.17) is 27.9 Å². The monoisotopic (exact) mass is 443 g/mol. The van der Waals surface area contributed by atoms with E-state index in [0.29, 0.717) is 28.6 Å². The Morgan fingerprint density at radius 2 is 1.43 bits per heavy atom. The number of ether oxygens (including phenoxy) is 1. The molecule has 0 saturated carbocycles. The molecule has 156 valence electrons. The number of carbonyl (C=O) groups excluding carboxylic acids is 1. The summed E-state index contributed by atoms with van der Waals surface area (Å²) in [6, 6.07) is 21.6. The molecule has 0 radical (unpaired) electrons. The maximum absolute atomic E-state index is 11.9. The van der Waals surface area contributed by atoms with Gasteiger partial charge >= 0.3 is 5.97 Å². The van der Waals surface area contributed by atoms with E-state index in [0.717, 1.165) is 16.8 Å². The van der Waals surface area contributed by atoms with Crippen LogP contribution in [0.25, 0.3) is 0 Å². The SMILES string of the molecule is CCOC(=O)c1ccc(NC(CC(O)c2ccc(Cl)cc2)c2ccc(Cl)cc2)cc1. The van der Waals surface area contributed by atoms with E-state index in [9.17, 15) is 9.90 Å². The molecule has 2 atom stereocenters. The fraction of sp³-hybridized carbons (Fsp3) is 0.208. The third-order valence-electron chi connectivity index (χ3n) is 4.72. The lowest BCUT2D eigenvalue weighted by Crippen LogP contribution is -2.15. The molecule has 3 rings (SSSR count). The zero-order chi connectivity index (χ0) is 21.5. The van der Waals surface area contributed by atoms with E-state index >= 15 is 0 Å². The maximum Gasteiger partial charge on any atom is 0.338 e. The fourth-order valence-electron chi connectivity index (χ4n) is 3.14. The van der Waals surface area contributed by atoms with Gasteiger partial charge in [0.15, 0.2) is 0 Å². The first-order chi connectivity index (χ1) is 14.5. The number of esters is 1. The number of rotatable bonds is 8. The zero-order valence-corrected chi connectivity index (χ0v) is 18.0. The van der Waals surface area contributed by atoms with E-state index in [1.54, 1.807) is 31.2 Å². The van der Waals surface area contributed by atoms with Crippen LogP contribution in [-0.2, 0) is 4.74 Å². The second-order valence-corrected chi connectivity index (χ2v) is 7.72. The van der Waals surface area contributed by atoms with E-state index in [1.165, 1.54) is 0 Å². The predicted octanol–water partition coefficient (Wildman–Crippen LogP) is 6.45. The molecule has 0 saturated heterocycles. The van der Waals surface area contributed by atoms with Crippen molar-refractivity contribution in [3.8, 4) is 0 Å². The minimum Gasteiger partial charge on any atom is -0.462 e. The number of nitrogens with one attached hydrogen (secondary N) is 1. The standard InChI is InChI=1S/C24H23Cl2NO3/c1-2-30-24(29)18-7-13-21(14-8-18)27-22(16-3-9-19(25)10-4-16)15-23(28)17-5-11-20(26)12-6-17/h3-14,22-23,27-28H,2,15H2,1H3. The first-order valence-corrected chi connectivity index (χ1v) is 10.4. The van der Waals surface area contributed by atoms with Crippen molar-refractivity contribution in [1.29, 1.82) is 0 Å². The zero-order valence-electron chi connectivity index (χ0n) is 16.5. The fourth-order valence-corrected chi connectivity index (χ4v) is 3.39. The highest BCUT2D eigenvalue weighted by Gasteiger charge is 2.18. The highest BCUT2D eigenvalue weighted by atomic mass is 35.5. The van der Waals surface area contributed by atoms with Crippen molar-refractivity contribution >= 4 is 34.9 Å². The molecular weight excluding hydrogens is 421 g/mol. The van der Waals surface area contributed by atoms with E-state index in [1.807, 2.05) is 48.5 Å². The highest BCUT2D eigenvalue weighted by molar-refractivity contribution is 6.30. The molecule has 0 aliphatic rings. The topological polar surface area (TPSA) is 58.6 Å². The van der Waals surface area contributed by atoms with Crippen LogP contribution in [0.2, 0.25) is 10.0 Å². The first-order valence-electron chi connectivity index (χ1n) is 9.69. The number of aliphatic hydroxyl groups is 1. The van der Waals surface area contributed by atoms with Gasteiger partial charge in [0.1, 0.15) is 0 Å². The van der Waals surface area contributed by atoms with Gasteiger partial charge in [0.05, 0.1) is 24.3 Å². The lowest BCUT2D eigenvalue weighted by atomic mass is 9.96. The number of aliphatic hydroxyl groups excluding tert-OH is 1. The van der Waals surface area contributed by atoms with Gasteiger partial charge in [0.2, 0.25) is 0 Å².